The van der Waals surface area contributed by atoms with Gasteiger partial charge in [0.1, 0.15) is 5.82 Å². The van der Waals surface area contributed by atoms with Gasteiger partial charge >= 0.3 is 12.4 Å². The molecule has 2 N–H and O–H groups in total. The maximum Gasteiger partial charge on any atom is 0.416 e. The average molecular weight is 488 g/mol. The maximum absolute atomic E-state index is 13.3. The topological polar surface area (TPSA) is 53.4 Å². The van der Waals surface area contributed by atoms with Crippen molar-refractivity contribution in [2.24, 2.45) is 0 Å². The molecule has 4 rings (SSSR count). The third-order valence-electron chi connectivity index (χ3n) is 5.50. The van der Waals surface area contributed by atoms with Gasteiger partial charge in [0.15, 0.2) is 0 Å². The Morgan fingerprint density at radius 3 is 2.18 bits per heavy atom. The normalized spacial score (nSPS) is 18.9. The smallest absolute Gasteiger partial charge is 0.364 e. The molecule has 0 saturated heterocycles. The van der Waals surface area contributed by atoms with E-state index in [1.54, 1.807) is 0 Å². The molecular formula is C22H17F7N3O2+. The first kappa shape index (κ1) is 23.6. The molecule has 180 valence electrons. The monoisotopic (exact) mass is 488 g/mol. The first-order valence-electron chi connectivity index (χ1n) is 9.98. The lowest BCUT2D eigenvalue weighted by Gasteiger charge is -2.22. The van der Waals surface area contributed by atoms with E-state index < -0.39 is 41.8 Å². The van der Waals surface area contributed by atoms with Crippen LogP contribution in [0.15, 0.2) is 60.1 Å². The summed E-state index contributed by atoms with van der Waals surface area (Å²) < 4.78 is 93.4. The maximum atomic E-state index is 13.3. The van der Waals surface area contributed by atoms with Gasteiger partial charge in [-0.2, -0.15) is 26.3 Å². The van der Waals surface area contributed by atoms with Crippen molar-refractivity contribution in [2.45, 2.75) is 31.2 Å². The van der Waals surface area contributed by atoms with Crippen LogP contribution in [0.1, 0.15) is 28.7 Å². The molecule has 0 saturated carbocycles. The van der Waals surface area contributed by atoms with Crippen LogP contribution in [0.2, 0.25) is 0 Å². The third kappa shape index (κ3) is 5.00. The van der Waals surface area contributed by atoms with Gasteiger partial charge in [-0.05, 0) is 47.0 Å². The second-order valence-electron chi connectivity index (χ2n) is 7.81. The first-order valence-corrected chi connectivity index (χ1v) is 9.98. The van der Waals surface area contributed by atoms with Crippen LogP contribution in [0.5, 0.6) is 0 Å². The number of halogens is 7. The molecule has 0 amide bonds. The summed E-state index contributed by atoms with van der Waals surface area (Å²) in [5.74, 6) is -0.316. The zero-order valence-electron chi connectivity index (χ0n) is 17.2. The van der Waals surface area contributed by atoms with E-state index in [9.17, 15) is 35.6 Å². The number of alkyl halides is 6. The van der Waals surface area contributed by atoms with Gasteiger partial charge in [0.2, 0.25) is 11.9 Å². The summed E-state index contributed by atoms with van der Waals surface area (Å²) in [5.41, 5.74) is 0.855. The summed E-state index contributed by atoms with van der Waals surface area (Å²) >= 11 is 0. The molecule has 2 aliphatic rings. The molecular weight excluding hydrogens is 471 g/mol. The molecule has 0 radical (unpaired) electrons. The molecule has 0 aromatic heterocycles. The molecule has 12 heteroatoms. The van der Waals surface area contributed by atoms with Crippen molar-refractivity contribution < 1.29 is 40.3 Å². The first-order chi connectivity index (χ1) is 15.9. The number of nitroso groups, excluding NO2 is 1. The lowest BCUT2D eigenvalue weighted by atomic mass is 9.89. The molecule has 0 bridgehead atoms. The van der Waals surface area contributed by atoms with Gasteiger partial charge in [0, 0.05) is 28.7 Å². The lowest BCUT2D eigenvalue weighted by molar-refractivity contribution is -0.586. The number of allylic oxidation sites excluding steroid dienone is 1. The van der Waals surface area contributed by atoms with Gasteiger partial charge < -0.3 is 4.84 Å². The van der Waals surface area contributed by atoms with Gasteiger partial charge in [-0.25, -0.2) is 9.87 Å². The number of benzene rings is 2. The SMILES string of the molecule is O=[N+]1CNC2=C(CC(c3ccc(F)cc3)=CNO2)C1Cc1cc(C(F)(F)F)cc(C(F)(F)F)c1. The zero-order chi connectivity index (χ0) is 24.7. The quantitative estimate of drug-likeness (QED) is 0.456. The fourth-order valence-corrected chi connectivity index (χ4v) is 3.85. The van der Waals surface area contributed by atoms with Crippen LogP contribution in [0.25, 0.3) is 5.57 Å². The largest absolute Gasteiger partial charge is 0.416 e. The Labute approximate surface area is 188 Å². The standard InChI is InChI=1S/C22H17F7N3O2/c23-17-3-1-13(2-4-17)14-8-18-19(32(33)11-30-20(18)34-31-10-14)7-12-5-15(21(24,25)26)9-16(6-12)22(27,28)29/h1-6,9-10,19,30-31H,7-8,11H2/q+1. The Morgan fingerprint density at radius 2 is 1.59 bits per heavy atom. The van der Waals surface area contributed by atoms with E-state index >= 15 is 0 Å². The summed E-state index contributed by atoms with van der Waals surface area (Å²) in [4.78, 5) is 18.0. The lowest BCUT2D eigenvalue weighted by Crippen LogP contribution is -2.43. The summed E-state index contributed by atoms with van der Waals surface area (Å²) in [5, 5.41) is 2.73. The van der Waals surface area contributed by atoms with Crippen molar-refractivity contribution in [3.63, 3.8) is 0 Å². The predicted molar refractivity (Wildman–Crippen MR) is 106 cm³/mol. The van der Waals surface area contributed by atoms with Crippen LogP contribution in [0.4, 0.5) is 30.7 Å². The summed E-state index contributed by atoms with van der Waals surface area (Å²) in [6.07, 6.45) is -8.86. The van der Waals surface area contributed by atoms with E-state index in [0.717, 1.165) is 0 Å². The van der Waals surface area contributed by atoms with Gasteiger partial charge in [-0.15, -0.1) is 0 Å². The Balaban J connectivity index is 1.70. The number of hydrogen-bond acceptors (Lipinski definition) is 4. The number of hydroxylamine groups is 1. The van der Waals surface area contributed by atoms with Crippen molar-refractivity contribution in [2.75, 3.05) is 6.67 Å². The van der Waals surface area contributed by atoms with E-state index in [0.29, 0.717) is 33.6 Å². The Kier molecular flexibility index (Phi) is 6.00. The second-order valence-corrected chi connectivity index (χ2v) is 7.81. The number of rotatable bonds is 3. The summed E-state index contributed by atoms with van der Waals surface area (Å²) in [6.45, 7) is -0.290. The zero-order valence-corrected chi connectivity index (χ0v) is 17.2. The van der Waals surface area contributed by atoms with Crippen molar-refractivity contribution in [1.82, 2.24) is 10.8 Å². The average Bonchev–Trinajstić information content (AvgIpc) is 2.98. The number of hydrogen-bond donors (Lipinski definition) is 2. The summed E-state index contributed by atoms with van der Waals surface area (Å²) in [6, 6.07) is 5.61. The minimum atomic E-state index is -5.00. The van der Waals surface area contributed by atoms with Crippen LogP contribution in [-0.2, 0) is 23.6 Å². The second kappa shape index (κ2) is 8.65. The fourth-order valence-electron chi connectivity index (χ4n) is 3.85. The van der Waals surface area contributed by atoms with Crippen molar-refractivity contribution in [3.05, 3.63) is 93.1 Å². The number of nitrogens with zero attached hydrogens (tertiary/aromatic N) is 1. The van der Waals surface area contributed by atoms with E-state index in [2.05, 4.69) is 10.8 Å². The van der Waals surface area contributed by atoms with Crippen molar-refractivity contribution in [3.8, 4) is 0 Å². The summed E-state index contributed by atoms with van der Waals surface area (Å²) in [7, 11) is 0. The molecule has 2 heterocycles. The predicted octanol–water partition coefficient (Wildman–Crippen LogP) is 5.29. The fraction of sp³-hybridized carbons (Fsp3) is 0.273. The van der Waals surface area contributed by atoms with E-state index in [1.165, 1.54) is 30.5 Å². The highest BCUT2D eigenvalue weighted by Gasteiger charge is 2.41. The molecule has 34 heavy (non-hydrogen) atoms. The molecule has 2 aromatic rings. The molecule has 0 fully saturated rings. The third-order valence-corrected chi connectivity index (χ3v) is 5.50. The van der Waals surface area contributed by atoms with Crippen LogP contribution >= 0.6 is 0 Å². The highest BCUT2D eigenvalue weighted by molar-refractivity contribution is 5.68. The Bertz CT molecular complexity index is 1140. The highest BCUT2D eigenvalue weighted by atomic mass is 19.4. The van der Waals surface area contributed by atoms with Crippen LogP contribution in [0, 0.1) is 10.7 Å². The van der Waals surface area contributed by atoms with Crippen molar-refractivity contribution in [1.29, 1.82) is 0 Å². The minimum Gasteiger partial charge on any atom is -0.364 e. The molecule has 2 aliphatic heterocycles. The van der Waals surface area contributed by atoms with Crippen LogP contribution in [0.3, 0.4) is 0 Å². The van der Waals surface area contributed by atoms with Crippen LogP contribution in [-0.4, -0.2) is 17.5 Å². The molecule has 1 atom stereocenters. The molecule has 2 aromatic carbocycles. The van der Waals surface area contributed by atoms with Crippen molar-refractivity contribution >= 4 is 5.57 Å². The molecule has 0 aliphatic carbocycles. The van der Waals surface area contributed by atoms with E-state index in [1.807, 2.05) is 0 Å². The molecule has 0 spiro atoms. The Morgan fingerprint density at radius 1 is 0.971 bits per heavy atom. The number of nitrogens with one attached hydrogen (secondary N) is 2. The van der Waals surface area contributed by atoms with Gasteiger partial charge in [-0.1, -0.05) is 12.1 Å². The minimum absolute atomic E-state index is 0.0413. The molecule has 5 nitrogen and oxygen atoms in total. The highest BCUT2D eigenvalue weighted by Crippen LogP contribution is 2.38. The Hall–Kier alpha value is -3.57. The van der Waals surface area contributed by atoms with E-state index in [-0.39, 0.29) is 30.6 Å². The van der Waals surface area contributed by atoms with Crippen LogP contribution < -0.4 is 10.8 Å². The van der Waals surface area contributed by atoms with Gasteiger partial charge in [0.05, 0.1) is 16.7 Å². The van der Waals surface area contributed by atoms with E-state index in [4.69, 9.17) is 4.84 Å². The van der Waals surface area contributed by atoms with Gasteiger partial charge in [0.25, 0.3) is 6.67 Å². The van der Waals surface area contributed by atoms with Gasteiger partial charge in [-0.3, -0.25) is 5.32 Å². The molecule has 1 unspecified atom stereocenters.